The first-order valence-corrected chi connectivity index (χ1v) is 6.23. The Balaban J connectivity index is 2.08. The topological polar surface area (TPSA) is 75.9 Å². The molecule has 0 aliphatic heterocycles. The molecule has 98 valence electrons. The van der Waals surface area contributed by atoms with Gasteiger partial charge in [0.05, 0.1) is 11.1 Å². The van der Waals surface area contributed by atoms with Gasteiger partial charge in [-0.2, -0.15) is 5.10 Å². The number of hydrogen-bond acceptors (Lipinski definition) is 5. The number of aromatic nitrogens is 4. The predicted molar refractivity (Wildman–Crippen MR) is 70.5 cm³/mol. The van der Waals surface area contributed by atoms with Crippen LogP contribution in [-0.4, -0.2) is 38.0 Å². The highest BCUT2D eigenvalue weighted by Gasteiger charge is 2.11. The van der Waals surface area contributed by atoms with E-state index in [4.69, 9.17) is 5.11 Å². The van der Waals surface area contributed by atoms with Crippen molar-refractivity contribution in [3.05, 3.63) is 12.0 Å². The molecule has 2 aromatic rings. The molecule has 0 unspecified atom stereocenters. The zero-order valence-electron chi connectivity index (χ0n) is 10.8. The van der Waals surface area contributed by atoms with Gasteiger partial charge < -0.3 is 10.4 Å². The fourth-order valence-electron chi connectivity index (χ4n) is 2.03. The van der Waals surface area contributed by atoms with Gasteiger partial charge in [-0.3, -0.25) is 4.68 Å². The Kier molecular flexibility index (Phi) is 4.09. The van der Waals surface area contributed by atoms with E-state index >= 15 is 0 Å². The maximum absolute atomic E-state index is 8.71. The number of aliphatic hydroxyl groups is 1. The summed E-state index contributed by atoms with van der Waals surface area (Å²) in [7, 11) is 1.88. The van der Waals surface area contributed by atoms with Gasteiger partial charge in [0.1, 0.15) is 12.1 Å². The quantitative estimate of drug-likeness (QED) is 0.753. The molecule has 2 heterocycles. The summed E-state index contributed by atoms with van der Waals surface area (Å²) in [6.45, 7) is 3.07. The highest BCUT2D eigenvalue weighted by atomic mass is 16.2. The molecule has 2 rings (SSSR count). The van der Waals surface area contributed by atoms with Gasteiger partial charge in [-0.15, -0.1) is 0 Å². The summed E-state index contributed by atoms with van der Waals surface area (Å²) < 4.78 is 1.77. The zero-order valence-corrected chi connectivity index (χ0v) is 10.8. The largest absolute Gasteiger partial charge is 0.396 e. The van der Waals surface area contributed by atoms with Crippen LogP contribution in [0, 0.1) is 6.92 Å². The maximum atomic E-state index is 8.71. The number of aliphatic hydroxyl groups excluding tert-OH is 1. The van der Waals surface area contributed by atoms with Gasteiger partial charge in [-0.1, -0.05) is 0 Å². The van der Waals surface area contributed by atoms with E-state index in [0.717, 1.165) is 48.4 Å². The number of rotatable bonds is 6. The number of anilines is 1. The van der Waals surface area contributed by atoms with E-state index in [1.54, 1.807) is 11.0 Å². The summed E-state index contributed by atoms with van der Waals surface area (Å²) >= 11 is 0. The highest BCUT2D eigenvalue weighted by molar-refractivity contribution is 5.88. The lowest BCUT2D eigenvalue weighted by Crippen LogP contribution is -2.05. The molecule has 0 saturated carbocycles. The van der Waals surface area contributed by atoms with Crippen LogP contribution in [0.5, 0.6) is 0 Å². The van der Waals surface area contributed by atoms with Gasteiger partial charge in [0.25, 0.3) is 0 Å². The Morgan fingerprint density at radius 3 is 2.89 bits per heavy atom. The molecule has 0 aromatic carbocycles. The average molecular weight is 249 g/mol. The van der Waals surface area contributed by atoms with E-state index in [9.17, 15) is 0 Å². The van der Waals surface area contributed by atoms with Crippen molar-refractivity contribution >= 4 is 16.9 Å². The molecule has 0 amide bonds. The fourth-order valence-corrected chi connectivity index (χ4v) is 2.03. The van der Waals surface area contributed by atoms with E-state index in [1.807, 2.05) is 14.0 Å². The first-order valence-electron chi connectivity index (χ1n) is 6.23. The van der Waals surface area contributed by atoms with Gasteiger partial charge in [-0.05, 0) is 26.2 Å². The van der Waals surface area contributed by atoms with E-state index in [2.05, 4.69) is 20.4 Å². The molecule has 2 N–H and O–H groups in total. The summed E-state index contributed by atoms with van der Waals surface area (Å²) in [6, 6.07) is 0. The Labute approximate surface area is 106 Å². The summed E-state index contributed by atoms with van der Waals surface area (Å²) in [4.78, 5) is 8.51. The summed E-state index contributed by atoms with van der Waals surface area (Å²) in [5.74, 6) is 0.842. The van der Waals surface area contributed by atoms with Gasteiger partial charge in [-0.25, -0.2) is 9.97 Å². The van der Waals surface area contributed by atoms with E-state index in [-0.39, 0.29) is 6.61 Å². The minimum atomic E-state index is 0.263. The van der Waals surface area contributed by atoms with Crippen molar-refractivity contribution < 1.29 is 5.11 Å². The van der Waals surface area contributed by atoms with Crippen molar-refractivity contribution in [1.29, 1.82) is 0 Å². The number of aryl methyl sites for hydroxylation is 2. The van der Waals surface area contributed by atoms with Crippen LogP contribution in [0.3, 0.4) is 0 Å². The van der Waals surface area contributed by atoms with E-state index in [1.165, 1.54) is 0 Å². The molecule has 0 aliphatic rings. The zero-order chi connectivity index (χ0) is 13.0. The third-order valence-corrected chi connectivity index (χ3v) is 2.92. The maximum Gasteiger partial charge on any atom is 0.163 e. The molecule has 2 aromatic heterocycles. The molecule has 0 spiro atoms. The van der Waals surface area contributed by atoms with Crippen LogP contribution >= 0.6 is 0 Å². The molecule has 0 fully saturated rings. The standard InChI is InChI=1S/C12H19N5O/c1-9-10-11(13-6-4-3-5-7-18)14-8-15-12(10)17(2)16-9/h8,18H,3-7H2,1-2H3,(H,13,14,15). The van der Waals surface area contributed by atoms with Crippen molar-refractivity contribution in [3.63, 3.8) is 0 Å². The van der Waals surface area contributed by atoms with Crippen molar-refractivity contribution in [3.8, 4) is 0 Å². The van der Waals surface area contributed by atoms with Crippen LogP contribution in [-0.2, 0) is 7.05 Å². The lowest BCUT2D eigenvalue weighted by atomic mass is 10.2. The van der Waals surface area contributed by atoms with Gasteiger partial charge >= 0.3 is 0 Å². The van der Waals surface area contributed by atoms with Gasteiger partial charge in [0.2, 0.25) is 0 Å². The molecule has 0 aliphatic carbocycles. The van der Waals surface area contributed by atoms with Gasteiger partial charge in [0, 0.05) is 20.2 Å². The minimum Gasteiger partial charge on any atom is -0.396 e. The van der Waals surface area contributed by atoms with Crippen molar-refractivity contribution in [2.75, 3.05) is 18.5 Å². The van der Waals surface area contributed by atoms with E-state index in [0.29, 0.717) is 0 Å². The smallest absolute Gasteiger partial charge is 0.163 e. The van der Waals surface area contributed by atoms with E-state index < -0.39 is 0 Å². The molecule has 6 nitrogen and oxygen atoms in total. The monoisotopic (exact) mass is 249 g/mol. The minimum absolute atomic E-state index is 0.263. The Bertz CT molecular complexity index is 522. The lowest BCUT2D eigenvalue weighted by molar-refractivity contribution is 0.283. The number of nitrogens with zero attached hydrogens (tertiary/aromatic N) is 4. The second-order valence-corrected chi connectivity index (χ2v) is 4.34. The molecule has 0 bridgehead atoms. The Morgan fingerprint density at radius 1 is 1.28 bits per heavy atom. The molecular formula is C12H19N5O. The molecule has 6 heteroatoms. The fraction of sp³-hybridized carbons (Fsp3) is 0.583. The number of nitrogens with one attached hydrogen (secondary N) is 1. The molecule has 18 heavy (non-hydrogen) atoms. The van der Waals surface area contributed by atoms with Crippen LogP contribution in [0.1, 0.15) is 25.0 Å². The molecular weight excluding hydrogens is 230 g/mol. The first kappa shape index (κ1) is 12.8. The summed E-state index contributed by atoms with van der Waals surface area (Å²) in [6.07, 6.45) is 4.45. The highest BCUT2D eigenvalue weighted by Crippen LogP contribution is 2.21. The number of unbranched alkanes of at least 4 members (excludes halogenated alkanes) is 2. The van der Waals surface area contributed by atoms with Crippen molar-refractivity contribution in [1.82, 2.24) is 19.7 Å². The second-order valence-electron chi connectivity index (χ2n) is 4.34. The lowest BCUT2D eigenvalue weighted by Gasteiger charge is -2.06. The van der Waals surface area contributed by atoms with Crippen LogP contribution in [0.25, 0.3) is 11.0 Å². The molecule has 0 atom stereocenters. The van der Waals surface area contributed by atoms with Gasteiger partial charge in [0.15, 0.2) is 5.65 Å². The van der Waals surface area contributed by atoms with Crippen LogP contribution in [0.4, 0.5) is 5.82 Å². The van der Waals surface area contributed by atoms with Crippen LogP contribution in [0.2, 0.25) is 0 Å². The average Bonchev–Trinajstić information content (AvgIpc) is 2.66. The summed E-state index contributed by atoms with van der Waals surface area (Å²) in [5, 5.41) is 17.4. The van der Waals surface area contributed by atoms with Crippen molar-refractivity contribution in [2.24, 2.45) is 7.05 Å². The SMILES string of the molecule is Cc1nn(C)c2ncnc(NCCCCCO)c12. The predicted octanol–water partition coefficient (Wildman–Crippen LogP) is 1.25. The first-order chi connectivity index (χ1) is 8.74. The Hall–Kier alpha value is -1.69. The second kappa shape index (κ2) is 5.77. The van der Waals surface area contributed by atoms with Crippen molar-refractivity contribution in [2.45, 2.75) is 26.2 Å². The normalized spacial score (nSPS) is 11.1. The third kappa shape index (κ3) is 2.59. The molecule has 0 saturated heterocycles. The van der Waals surface area contributed by atoms with Crippen LogP contribution < -0.4 is 5.32 Å². The molecule has 0 radical (unpaired) electrons. The number of hydrogen-bond donors (Lipinski definition) is 2. The third-order valence-electron chi connectivity index (χ3n) is 2.92. The number of fused-ring (bicyclic) bond motifs is 1. The summed E-state index contributed by atoms with van der Waals surface area (Å²) in [5.41, 5.74) is 1.78. The Morgan fingerprint density at radius 2 is 2.11 bits per heavy atom. The van der Waals surface area contributed by atoms with Crippen LogP contribution in [0.15, 0.2) is 6.33 Å².